The van der Waals surface area contributed by atoms with Gasteiger partial charge in [0.2, 0.25) is 11.8 Å². The van der Waals surface area contributed by atoms with Gasteiger partial charge in [0.1, 0.15) is 0 Å². The van der Waals surface area contributed by atoms with Crippen LogP contribution in [0, 0.1) is 0 Å². The van der Waals surface area contributed by atoms with E-state index in [0.717, 1.165) is 15.6 Å². The first-order valence-electron chi connectivity index (χ1n) is 9.07. The molecule has 0 radical (unpaired) electrons. The second-order valence-corrected chi connectivity index (χ2v) is 7.75. The van der Waals surface area contributed by atoms with Crippen LogP contribution in [-0.2, 0) is 22.7 Å². The van der Waals surface area contributed by atoms with E-state index in [9.17, 15) is 9.59 Å². The molecule has 1 saturated heterocycles. The lowest BCUT2D eigenvalue weighted by molar-refractivity contribution is -0.141. The SMILES string of the molecule is CN(Cc1ccccc1)C(=O)CC1NCCN(Cc2cccc(Br)c2)C1=O. The van der Waals surface area contributed by atoms with Crippen LogP contribution in [0.2, 0.25) is 0 Å². The molecule has 27 heavy (non-hydrogen) atoms. The number of piperazine rings is 1. The number of carbonyl (C=O) groups is 2. The molecule has 3 rings (SSSR count). The van der Waals surface area contributed by atoms with Gasteiger partial charge in [-0.15, -0.1) is 0 Å². The molecule has 1 N–H and O–H groups in total. The molecule has 2 amide bonds. The molecule has 0 bridgehead atoms. The van der Waals surface area contributed by atoms with Crippen molar-refractivity contribution in [1.29, 1.82) is 0 Å². The fourth-order valence-electron chi connectivity index (χ4n) is 3.24. The molecule has 0 aromatic heterocycles. The van der Waals surface area contributed by atoms with E-state index in [0.29, 0.717) is 26.2 Å². The molecular formula is C21H24BrN3O2. The highest BCUT2D eigenvalue weighted by Gasteiger charge is 2.30. The standard InChI is InChI=1S/C21H24BrN3O2/c1-24(14-16-6-3-2-4-7-16)20(26)13-19-21(27)25(11-10-23-19)15-17-8-5-9-18(22)12-17/h2-9,12,19,23H,10-11,13-15H2,1H3. The Labute approximate surface area is 168 Å². The van der Waals surface area contributed by atoms with E-state index in [4.69, 9.17) is 0 Å². The minimum absolute atomic E-state index is 0.0114. The molecule has 1 aliphatic heterocycles. The fourth-order valence-corrected chi connectivity index (χ4v) is 3.69. The first-order chi connectivity index (χ1) is 13.0. The van der Waals surface area contributed by atoms with Crippen LogP contribution < -0.4 is 5.32 Å². The minimum Gasteiger partial charge on any atom is -0.341 e. The highest BCUT2D eigenvalue weighted by Crippen LogP contribution is 2.16. The molecule has 0 saturated carbocycles. The van der Waals surface area contributed by atoms with Crippen LogP contribution in [0.5, 0.6) is 0 Å². The second kappa shape index (κ2) is 9.15. The van der Waals surface area contributed by atoms with E-state index in [1.165, 1.54) is 0 Å². The summed E-state index contributed by atoms with van der Waals surface area (Å²) in [7, 11) is 1.78. The summed E-state index contributed by atoms with van der Waals surface area (Å²) >= 11 is 3.46. The number of hydrogen-bond acceptors (Lipinski definition) is 3. The van der Waals surface area contributed by atoms with E-state index < -0.39 is 6.04 Å². The highest BCUT2D eigenvalue weighted by atomic mass is 79.9. The molecular weight excluding hydrogens is 406 g/mol. The lowest BCUT2D eigenvalue weighted by atomic mass is 10.1. The van der Waals surface area contributed by atoms with Crippen molar-refractivity contribution >= 4 is 27.7 Å². The first-order valence-corrected chi connectivity index (χ1v) is 9.87. The maximum atomic E-state index is 12.8. The van der Waals surface area contributed by atoms with Crippen molar-refractivity contribution in [2.24, 2.45) is 0 Å². The molecule has 5 nitrogen and oxygen atoms in total. The van der Waals surface area contributed by atoms with Crippen molar-refractivity contribution in [3.05, 3.63) is 70.2 Å². The Morgan fingerprint density at radius 1 is 1.19 bits per heavy atom. The summed E-state index contributed by atoms with van der Waals surface area (Å²) in [6.07, 6.45) is 0.178. The van der Waals surface area contributed by atoms with Crippen LogP contribution in [0.3, 0.4) is 0 Å². The topological polar surface area (TPSA) is 52.7 Å². The lowest BCUT2D eigenvalue weighted by Gasteiger charge is -2.33. The third-order valence-electron chi connectivity index (χ3n) is 4.71. The van der Waals surface area contributed by atoms with Crippen molar-refractivity contribution in [3.8, 4) is 0 Å². The molecule has 0 spiro atoms. The van der Waals surface area contributed by atoms with E-state index in [2.05, 4.69) is 21.2 Å². The van der Waals surface area contributed by atoms with Gasteiger partial charge in [-0.25, -0.2) is 0 Å². The number of halogens is 1. The van der Waals surface area contributed by atoms with Gasteiger partial charge in [0.05, 0.1) is 12.5 Å². The number of rotatable bonds is 6. The molecule has 1 aliphatic rings. The molecule has 1 atom stereocenters. The largest absolute Gasteiger partial charge is 0.341 e. The van der Waals surface area contributed by atoms with Gasteiger partial charge < -0.3 is 15.1 Å². The number of nitrogens with zero attached hydrogens (tertiary/aromatic N) is 2. The van der Waals surface area contributed by atoms with Crippen LogP contribution in [0.4, 0.5) is 0 Å². The highest BCUT2D eigenvalue weighted by molar-refractivity contribution is 9.10. The van der Waals surface area contributed by atoms with Gasteiger partial charge in [-0.05, 0) is 23.3 Å². The molecule has 2 aromatic carbocycles. The van der Waals surface area contributed by atoms with Crippen molar-refractivity contribution in [3.63, 3.8) is 0 Å². The summed E-state index contributed by atoms with van der Waals surface area (Å²) in [5.74, 6) is -0.0447. The Morgan fingerprint density at radius 2 is 1.93 bits per heavy atom. The zero-order valence-electron chi connectivity index (χ0n) is 15.4. The summed E-state index contributed by atoms with van der Waals surface area (Å²) in [4.78, 5) is 28.9. The van der Waals surface area contributed by atoms with E-state index in [1.54, 1.807) is 11.9 Å². The third kappa shape index (κ3) is 5.40. The number of hydrogen-bond donors (Lipinski definition) is 1. The van der Waals surface area contributed by atoms with Crippen molar-refractivity contribution < 1.29 is 9.59 Å². The summed E-state index contributed by atoms with van der Waals surface area (Å²) in [5.41, 5.74) is 2.15. The number of carbonyl (C=O) groups excluding carboxylic acids is 2. The smallest absolute Gasteiger partial charge is 0.240 e. The Morgan fingerprint density at radius 3 is 2.67 bits per heavy atom. The van der Waals surface area contributed by atoms with E-state index in [-0.39, 0.29) is 18.2 Å². The Kier molecular flexibility index (Phi) is 6.63. The summed E-state index contributed by atoms with van der Waals surface area (Å²) in [6, 6.07) is 17.3. The summed E-state index contributed by atoms with van der Waals surface area (Å²) < 4.78 is 0.997. The van der Waals surface area contributed by atoms with E-state index in [1.807, 2.05) is 59.5 Å². The van der Waals surface area contributed by atoms with Gasteiger partial charge in [-0.2, -0.15) is 0 Å². The zero-order chi connectivity index (χ0) is 19.2. The van der Waals surface area contributed by atoms with Gasteiger partial charge in [0.15, 0.2) is 0 Å². The van der Waals surface area contributed by atoms with Crippen molar-refractivity contribution in [2.75, 3.05) is 20.1 Å². The number of benzene rings is 2. The Hall–Kier alpha value is -2.18. The van der Waals surface area contributed by atoms with Crippen LogP contribution >= 0.6 is 15.9 Å². The van der Waals surface area contributed by atoms with Gasteiger partial charge in [0.25, 0.3) is 0 Å². The van der Waals surface area contributed by atoms with Crippen molar-refractivity contribution in [1.82, 2.24) is 15.1 Å². The van der Waals surface area contributed by atoms with Crippen molar-refractivity contribution in [2.45, 2.75) is 25.6 Å². The average molecular weight is 430 g/mol. The van der Waals surface area contributed by atoms with Crippen LogP contribution in [0.1, 0.15) is 17.5 Å². The normalized spacial score (nSPS) is 17.0. The predicted molar refractivity (Wildman–Crippen MR) is 109 cm³/mol. The minimum atomic E-state index is -0.461. The average Bonchev–Trinajstić information content (AvgIpc) is 2.66. The monoisotopic (exact) mass is 429 g/mol. The Bertz CT molecular complexity index is 797. The van der Waals surface area contributed by atoms with Crippen LogP contribution in [0.25, 0.3) is 0 Å². The van der Waals surface area contributed by atoms with Crippen LogP contribution in [0.15, 0.2) is 59.1 Å². The molecule has 2 aromatic rings. The maximum absolute atomic E-state index is 12.8. The molecule has 0 aliphatic carbocycles. The maximum Gasteiger partial charge on any atom is 0.240 e. The van der Waals surface area contributed by atoms with Gasteiger partial charge >= 0.3 is 0 Å². The van der Waals surface area contributed by atoms with Gasteiger partial charge in [0, 0.05) is 37.7 Å². The Balaban J connectivity index is 1.57. The predicted octanol–water partition coefficient (Wildman–Crippen LogP) is 2.80. The van der Waals surface area contributed by atoms with E-state index >= 15 is 0 Å². The second-order valence-electron chi connectivity index (χ2n) is 6.84. The van der Waals surface area contributed by atoms with Gasteiger partial charge in [-0.1, -0.05) is 58.4 Å². The molecule has 1 unspecified atom stereocenters. The molecule has 142 valence electrons. The number of amides is 2. The zero-order valence-corrected chi connectivity index (χ0v) is 17.0. The lowest BCUT2D eigenvalue weighted by Crippen LogP contribution is -2.55. The number of nitrogens with one attached hydrogen (secondary N) is 1. The van der Waals surface area contributed by atoms with Gasteiger partial charge in [-0.3, -0.25) is 9.59 Å². The summed E-state index contributed by atoms with van der Waals surface area (Å²) in [6.45, 7) is 2.45. The third-order valence-corrected chi connectivity index (χ3v) is 5.21. The van der Waals surface area contributed by atoms with Crippen LogP contribution in [-0.4, -0.2) is 47.8 Å². The molecule has 1 fully saturated rings. The molecule has 6 heteroatoms. The molecule has 1 heterocycles. The quantitative estimate of drug-likeness (QED) is 0.767. The first kappa shape index (κ1) is 19.6. The fraction of sp³-hybridized carbons (Fsp3) is 0.333. The summed E-state index contributed by atoms with van der Waals surface area (Å²) in [5, 5.41) is 3.20.